The Morgan fingerprint density at radius 1 is 1.60 bits per heavy atom. The summed E-state index contributed by atoms with van der Waals surface area (Å²) in [5.74, 6) is 0.963. The largest absolute Gasteiger partial charge is 0.314 e. The number of nitrogens with zero attached hydrogens (tertiary/aromatic N) is 2. The van der Waals surface area contributed by atoms with Crippen molar-refractivity contribution in [1.82, 2.24) is 15.2 Å². The van der Waals surface area contributed by atoms with E-state index in [0.717, 1.165) is 19.0 Å². The minimum Gasteiger partial charge on any atom is -0.314 e. The maximum absolute atomic E-state index is 4.58. The van der Waals surface area contributed by atoms with Gasteiger partial charge < -0.3 is 10.2 Å². The second kappa shape index (κ2) is 5.05. The second-order valence-electron chi connectivity index (χ2n) is 4.40. The number of aromatic nitrogens is 1. The molecule has 3 nitrogen and oxygen atoms in total. The van der Waals surface area contributed by atoms with Gasteiger partial charge in [-0.2, -0.15) is 0 Å². The molecule has 4 heteroatoms. The molecule has 1 heterocycles. The van der Waals surface area contributed by atoms with E-state index >= 15 is 0 Å². The normalized spacial score (nSPS) is 16.2. The number of nitrogens with one attached hydrogen (secondary N) is 1. The molecule has 0 saturated heterocycles. The molecular weight excluding hydrogens is 206 g/mol. The highest BCUT2D eigenvalue weighted by molar-refractivity contribution is 7.09. The van der Waals surface area contributed by atoms with E-state index < -0.39 is 0 Å². The lowest BCUT2D eigenvalue weighted by Crippen LogP contribution is -2.20. The van der Waals surface area contributed by atoms with Crippen molar-refractivity contribution < 1.29 is 0 Å². The summed E-state index contributed by atoms with van der Waals surface area (Å²) in [5, 5.41) is 6.49. The van der Waals surface area contributed by atoms with Gasteiger partial charge in [0.15, 0.2) is 0 Å². The number of hydrogen-bond donors (Lipinski definition) is 1. The molecule has 1 aliphatic carbocycles. The van der Waals surface area contributed by atoms with Crippen LogP contribution in [0.3, 0.4) is 0 Å². The van der Waals surface area contributed by atoms with Crippen LogP contribution in [0.25, 0.3) is 0 Å². The van der Waals surface area contributed by atoms with E-state index in [1.807, 2.05) is 7.05 Å². The van der Waals surface area contributed by atoms with Crippen LogP contribution in [0.15, 0.2) is 5.38 Å². The molecule has 0 unspecified atom stereocenters. The van der Waals surface area contributed by atoms with Crippen molar-refractivity contribution >= 4 is 11.3 Å². The topological polar surface area (TPSA) is 28.2 Å². The molecule has 0 amide bonds. The fourth-order valence-electron chi connectivity index (χ4n) is 1.74. The Morgan fingerprint density at radius 2 is 2.40 bits per heavy atom. The van der Waals surface area contributed by atoms with E-state index in [1.54, 1.807) is 11.3 Å². The highest BCUT2D eigenvalue weighted by atomic mass is 32.1. The van der Waals surface area contributed by atoms with Gasteiger partial charge in [-0.3, -0.25) is 0 Å². The highest BCUT2D eigenvalue weighted by Crippen LogP contribution is 2.29. The Bertz CT molecular complexity index is 307. The van der Waals surface area contributed by atoms with Crippen LogP contribution in [0, 0.1) is 5.92 Å². The predicted molar refractivity (Wildman–Crippen MR) is 63.9 cm³/mol. The first-order valence-corrected chi connectivity index (χ1v) is 6.42. The van der Waals surface area contributed by atoms with E-state index in [0.29, 0.717) is 0 Å². The van der Waals surface area contributed by atoms with Crippen LogP contribution >= 0.6 is 11.3 Å². The molecular formula is C11H19N3S. The van der Waals surface area contributed by atoms with Crippen molar-refractivity contribution in [3.63, 3.8) is 0 Å². The Morgan fingerprint density at radius 3 is 3.07 bits per heavy atom. The Balaban J connectivity index is 1.80. The molecule has 0 spiro atoms. The second-order valence-corrected chi connectivity index (χ2v) is 5.35. The molecule has 1 aliphatic rings. The lowest BCUT2D eigenvalue weighted by molar-refractivity contribution is 0.310. The molecule has 0 bridgehead atoms. The fourth-order valence-corrected chi connectivity index (χ4v) is 2.53. The van der Waals surface area contributed by atoms with Crippen LogP contribution in [-0.4, -0.2) is 30.5 Å². The van der Waals surface area contributed by atoms with Gasteiger partial charge in [0.25, 0.3) is 0 Å². The van der Waals surface area contributed by atoms with Gasteiger partial charge in [-0.25, -0.2) is 4.98 Å². The minimum atomic E-state index is 0.886. The summed E-state index contributed by atoms with van der Waals surface area (Å²) in [6.45, 7) is 3.12. The van der Waals surface area contributed by atoms with Gasteiger partial charge in [0.2, 0.25) is 0 Å². The van der Waals surface area contributed by atoms with Crippen molar-refractivity contribution in [3.05, 3.63) is 16.1 Å². The average molecular weight is 225 g/mol. The van der Waals surface area contributed by atoms with Crippen molar-refractivity contribution in [2.75, 3.05) is 20.6 Å². The van der Waals surface area contributed by atoms with E-state index in [-0.39, 0.29) is 0 Å². The third-order valence-electron chi connectivity index (χ3n) is 2.63. The molecule has 1 aromatic rings. The third-order valence-corrected chi connectivity index (χ3v) is 3.52. The van der Waals surface area contributed by atoms with Gasteiger partial charge in [-0.1, -0.05) is 0 Å². The zero-order chi connectivity index (χ0) is 10.7. The summed E-state index contributed by atoms with van der Waals surface area (Å²) in [7, 11) is 4.15. The monoisotopic (exact) mass is 225 g/mol. The molecule has 1 saturated carbocycles. The van der Waals surface area contributed by atoms with Crippen LogP contribution < -0.4 is 5.32 Å². The van der Waals surface area contributed by atoms with Crippen molar-refractivity contribution in [2.24, 2.45) is 5.92 Å². The predicted octanol–water partition coefficient (Wildman–Crippen LogP) is 1.70. The van der Waals surface area contributed by atoms with Crippen molar-refractivity contribution in [1.29, 1.82) is 0 Å². The zero-order valence-electron chi connectivity index (χ0n) is 9.49. The summed E-state index contributed by atoms with van der Waals surface area (Å²) in [6, 6.07) is 0. The zero-order valence-corrected chi connectivity index (χ0v) is 10.3. The molecule has 1 N–H and O–H groups in total. The Hall–Kier alpha value is -0.450. The van der Waals surface area contributed by atoms with Crippen LogP contribution in [0.4, 0.5) is 0 Å². The van der Waals surface area contributed by atoms with Crippen LogP contribution in [0.5, 0.6) is 0 Å². The standard InChI is InChI=1S/C11H19N3S/c1-12-5-11-13-10(8-15-11)7-14(2)6-9-3-4-9/h8-9,12H,3-7H2,1-2H3. The van der Waals surface area contributed by atoms with E-state index in [4.69, 9.17) is 0 Å². The summed E-state index contributed by atoms with van der Waals surface area (Å²) < 4.78 is 0. The third kappa shape index (κ3) is 3.55. The van der Waals surface area contributed by atoms with Gasteiger partial charge in [0.1, 0.15) is 5.01 Å². The lowest BCUT2D eigenvalue weighted by Gasteiger charge is -2.13. The van der Waals surface area contributed by atoms with E-state index in [2.05, 4.69) is 27.6 Å². The first kappa shape index (κ1) is 11.0. The summed E-state index contributed by atoms with van der Waals surface area (Å²) in [5.41, 5.74) is 1.22. The van der Waals surface area contributed by atoms with Crippen LogP contribution in [0.2, 0.25) is 0 Å². The maximum Gasteiger partial charge on any atom is 0.107 e. The molecule has 0 atom stereocenters. The fraction of sp³-hybridized carbons (Fsp3) is 0.727. The molecule has 84 valence electrons. The highest BCUT2D eigenvalue weighted by Gasteiger charge is 2.22. The first-order valence-electron chi connectivity index (χ1n) is 5.54. The van der Waals surface area contributed by atoms with Crippen molar-refractivity contribution in [3.8, 4) is 0 Å². The van der Waals surface area contributed by atoms with Crippen LogP contribution in [0.1, 0.15) is 23.5 Å². The molecule has 15 heavy (non-hydrogen) atoms. The molecule has 0 aromatic carbocycles. The maximum atomic E-state index is 4.58. The lowest BCUT2D eigenvalue weighted by atomic mass is 10.3. The van der Waals surface area contributed by atoms with Crippen LogP contribution in [-0.2, 0) is 13.1 Å². The SMILES string of the molecule is CNCc1nc(CN(C)CC2CC2)cs1. The quantitative estimate of drug-likeness (QED) is 0.799. The summed E-state index contributed by atoms with van der Waals surface area (Å²) in [4.78, 5) is 6.97. The van der Waals surface area contributed by atoms with Gasteiger partial charge in [0, 0.05) is 25.0 Å². The number of rotatable bonds is 6. The smallest absolute Gasteiger partial charge is 0.107 e. The Kier molecular flexibility index (Phi) is 3.72. The van der Waals surface area contributed by atoms with Gasteiger partial charge in [-0.15, -0.1) is 11.3 Å². The summed E-state index contributed by atoms with van der Waals surface area (Å²) in [6.07, 6.45) is 2.85. The van der Waals surface area contributed by atoms with E-state index in [9.17, 15) is 0 Å². The molecule has 0 aliphatic heterocycles. The Labute approximate surface area is 95.5 Å². The number of thiazole rings is 1. The minimum absolute atomic E-state index is 0.886. The first-order chi connectivity index (χ1) is 7.28. The average Bonchev–Trinajstić information content (AvgIpc) is 2.88. The molecule has 1 fully saturated rings. The molecule has 1 aromatic heterocycles. The van der Waals surface area contributed by atoms with Gasteiger partial charge >= 0.3 is 0 Å². The van der Waals surface area contributed by atoms with Gasteiger partial charge in [0.05, 0.1) is 5.69 Å². The number of hydrogen-bond acceptors (Lipinski definition) is 4. The van der Waals surface area contributed by atoms with E-state index in [1.165, 1.54) is 30.1 Å². The molecule has 0 radical (unpaired) electrons. The van der Waals surface area contributed by atoms with Gasteiger partial charge in [-0.05, 0) is 32.9 Å². The molecule has 2 rings (SSSR count). The van der Waals surface area contributed by atoms with Crippen molar-refractivity contribution in [2.45, 2.75) is 25.9 Å². The summed E-state index contributed by atoms with van der Waals surface area (Å²) >= 11 is 1.75.